The Morgan fingerprint density at radius 3 is 2.65 bits per heavy atom. The Morgan fingerprint density at radius 1 is 1.23 bits per heavy atom. The number of hydrogen-bond donors (Lipinski definition) is 0. The molecule has 0 radical (unpaired) electrons. The van der Waals surface area contributed by atoms with Crippen LogP contribution in [0.3, 0.4) is 0 Å². The van der Waals surface area contributed by atoms with E-state index in [1.54, 1.807) is 11.0 Å². The molecule has 26 heavy (non-hydrogen) atoms. The highest BCUT2D eigenvalue weighted by atomic mass is 35.5. The Labute approximate surface area is 157 Å². The molecule has 0 spiro atoms. The van der Waals surface area contributed by atoms with Gasteiger partial charge in [0.05, 0.1) is 10.6 Å². The van der Waals surface area contributed by atoms with Crippen molar-refractivity contribution in [2.24, 2.45) is 0 Å². The van der Waals surface area contributed by atoms with E-state index in [4.69, 9.17) is 11.6 Å². The number of thiophene rings is 1. The van der Waals surface area contributed by atoms with Crippen molar-refractivity contribution in [3.63, 3.8) is 0 Å². The van der Waals surface area contributed by atoms with Gasteiger partial charge in [-0.25, -0.2) is 9.50 Å². The van der Waals surface area contributed by atoms with Gasteiger partial charge in [-0.1, -0.05) is 6.07 Å². The number of likely N-dealkylation sites (tertiary alicyclic amines) is 1. The van der Waals surface area contributed by atoms with Crippen molar-refractivity contribution in [2.45, 2.75) is 24.6 Å². The van der Waals surface area contributed by atoms with Crippen LogP contribution in [-0.2, 0) is 5.38 Å². The molecular formula is C17H15ClF2N4OS. The molecule has 136 valence electrons. The monoisotopic (exact) mass is 396 g/mol. The molecule has 9 heteroatoms. The molecule has 3 aromatic heterocycles. The minimum Gasteiger partial charge on any atom is -0.337 e. The molecule has 0 atom stereocenters. The van der Waals surface area contributed by atoms with Crippen LogP contribution in [0.15, 0.2) is 29.6 Å². The van der Waals surface area contributed by atoms with Crippen LogP contribution in [0.5, 0.6) is 0 Å². The second-order valence-electron chi connectivity index (χ2n) is 6.15. The predicted octanol–water partition coefficient (Wildman–Crippen LogP) is 4.37. The first kappa shape index (κ1) is 17.4. The summed E-state index contributed by atoms with van der Waals surface area (Å²) in [5.41, 5.74) is 0.140. The third kappa shape index (κ3) is 3.19. The largest absolute Gasteiger partial charge is 0.364 e. The number of rotatable bonds is 3. The number of amides is 1. The highest BCUT2D eigenvalue weighted by molar-refractivity contribution is 7.13. The van der Waals surface area contributed by atoms with Gasteiger partial charge in [-0.05, 0) is 48.4 Å². The molecule has 0 saturated carbocycles. The lowest BCUT2D eigenvalue weighted by Crippen LogP contribution is -2.35. The summed E-state index contributed by atoms with van der Waals surface area (Å²) >= 11 is 6.68. The van der Waals surface area contributed by atoms with Crippen molar-refractivity contribution in [1.29, 1.82) is 0 Å². The molecule has 5 nitrogen and oxygen atoms in total. The zero-order chi connectivity index (χ0) is 18.3. The molecule has 1 aliphatic heterocycles. The number of aromatic nitrogens is 3. The minimum absolute atomic E-state index is 0.102. The average Bonchev–Trinajstić information content (AvgIpc) is 3.29. The number of piperidine rings is 1. The summed E-state index contributed by atoms with van der Waals surface area (Å²) in [4.78, 5) is 19.5. The third-order valence-corrected chi connectivity index (χ3v) is 5.44. The Balaban J connectivity index is 1.82. The van der Waals surface area contributed by atoms with Gasteiger partial charge in [0.1, 0.15) is 5.69 Å². The number of hydrogen-bond acceptors (Lipinski definition) is 4. The van der Waals surface area contributed by atoms with E-state index in [1.807, 2.05) is 11.4 Å². The van der Waals surface area contributed by atoms with Crippen molar-refractivity contribution >= 4 is 34.5 Å². The van der Waals surface area contributed by atoms with E-state index in [1.165, 1.54) is 23.5 Å². The summed E-state index contributed by atoms with van der Waals surface area (Å²) in [5, 5.41) is 2.28. The van der Waals surface area contributed by atoms with Crippen LogP contribution in [-0.4, -0.2) is 38.5 Å². The molecule has 1 fully saturated rings. The minimum atomic E-state index is -3.63. The smallest absolute Gasteiger partial charge is 0.337 e. The normalized spacial score (nSPS) is 15.6. The van der Waals surface area contributed by atoms with E-state index in [0.717, 1.165) is 28.7 Å². The van der Waals surface area contributed by atoms with E-state index in [-0.39, 0.29) is 17.2 Å². The first-order valence-electron chi connectivity index (χ1n) is 8.25. The van der Waals surface area contributed by atoms with Crippen molar-refractivity contribution in [1.82, 2.24) is 19.5 Å². The predicted molar refractivity (Wildman–Crippen MR) is 95.8 cm³/mol. The Bertz CT molecular complexity index is 946. The van der Waals surface area contributed by atoms with Gasteiger partial charge in [-0.2, -0.15) is 13.9 Å². The van der Waals surface area contributed by atoms with Gasteiger partial charge in [0.2, 0.25) is 0 Å². The van der Waals surface area contributed by atoms with E-state index in [2.05, 4.69) is 10.1 Å². The van der Waals surface area contributed by atoms with Crippen LogP contribution in [0.25, 0.3) is 16.2 Å². The molecule has 0 N–H and O–H groups in total. The zero-order valence-corrected chi connectivity index (χ0v) is 15.2. The summed E-state index contributed by atoms with van der Waals surface area (Å²) in [6.07, 6.45) is 2.96. The lowest BCUT2D eigenvalue weighted by molar-refractivity contribution is 0.0714. The average molecular weight is 397 g/mol. The van der Waals surface area contributed by atoms with E-state index in [9.17, 15) is 13.6 Å². The number of fused-ring (bicyclic) bond motifs is 1. The maximum Gasteiger partial charge on any atom is 0.364 e. The molecule has 0 aliphatic carbocycles. The number of nitrogens with zero attached hydrogens (tertiary/aromatic N) is 4. The standard InChI is InChI=1S/C17H15ClF2N4OS/c18-17(19,20)14-9-11(13-5-4-8-26-13)21-15-10-12(22-24(14)15)16(25)23-6-2-1-3-7-23/h4-5,8-10H,1-3,6-7H2. The van der Waals surface area contributed by atoms with Crippen molar-refractivity contribution in [3.05, 3.63) is 41.0 Å². The molecule has 1 amide bonds. The molecule has 1 aliphatic rings. The lowest BCUT2D eigenvalue weighted by Gasteiger charge is -2.25. The topological polar surface area (TPSA) is 50.5 Å². The maximum absolute atomic E-state index is 14.0. The van der Waals surface area contributed by atoms with Gasteiger partial charge >= 0.3 is 5.38 Å². The Kier molecular flexibility index (Phi) is 4.40. The first-order valence-corrected chi connectivity index (χ1v) is 9.50. The van der Waals surface area contributed by atoms with Crippen LogP contribution >= 0.6 is 22.9 Å². The van der Waals surface area contributed by atoms with E-state index >= 15 is 0 Å². The van der Waals surface area contributed by atoms with Crippen LogP contribution in [0, 0.1) is 0 Å². The van der Waals surface area contributed by atoms with Gasteiger partial charge in [0.25, 0.3) is 5.91 Å². The lowest BCUT2D eigenvalue weighted by atomic mass is 10.1. The van der Waals surface area contributed by atoms with Gasteiger partial charge < -0.3 is 4.90 Å². The molecule has 0 bridgehead atoms. The summed E-state index contributed by atoms with van der Waals surface area (Å²) in [6.45, 7) is 1.30. The molecule has 4 rings (SSSR count). The summed E-state index contributed by atoms with van der Waals surface area (Å²) in [7, 11) is 0. The summed E-state index contributed by atoms with van der Waals surface area (Å²) in [5.74, 6) is -0.267. The highest BCUT2D eigenvalue weighted by Gasteiger charge is 2.33. The Hall–Kier alpha value is -2.06. The van der Waals surface area contributed by atoms with E-state index in [0.29, 0.717) is 18.8 Å². The molecule has 0 aromatic carbocycles. The van der Waals surface area contributed by atoms with Crippen LogP contribution in [0.4, 0.5) is 8.78 Å². The second kappa shape index (κ2) is 6.59. The summed E-state index contributed by atoms with van der Waals surface area (Å²) in [6, 6.07) is 6.26. The Morgan fingerprint density at radius 2 is 2.00 bits per heavy atom. The van der Waals surface area contributed by atoms with Crippen molar-refractivity contribution < 1.29 is 13.6 Å². The van der Waals surface area contributed by atoms with Crippen LogP contribution in [0.2, 0.25) is 0 Å². The first-order chi connectivity index (χ1) is 12.4. The number of carbonyl (C=O) groups excluding carboxylic acids is 1. The molecule has 4 heterocycles. The number of alkyl halides is 3. The molecular weight excluding hydrogens is 382 g/mol. The fourth-order valence-corrected chi connectivity index (χ4v) is 3.91. The third-order valence-electron chi connectivity index (χ3n) is 4.35. The zero-order valence-electron chi connectivity index (χ0n) is 13.7. The quantitative estimate of drug-likeness (QED) is 0.617. The van der Waals surface area contributed by atoms with Crippen molar-refractivity contribution in [2.75, 3.05) is 13.1 Å². The molecule has 1 saturated heterocycles. The van der Waals surface area contributed by atoms with Gasteiger partial charge in [0.15, 0.2) is 11.3 Å². The fraction of sp³-hybridized carbons (Fsp3) is 0.353. The van der Waals surface area contributed by atoms with Crippen LogP contribution in [0.1, 0.15) is 35.4 Å². The van der Waals surface area contributed by atoms with Crippen LogP contribution < -0.4 is 0 Å². The summed E-state index contributed by atoms with van der Waals surface area (Å²) < 4.78 is 28.9. The van der Waals surface area contributed by atoms with Gasteiger partial charge in [-0.3, -0.25) is 4.79 Å². The van der Waals surface area contributed by atoms with Gasteiger partial charge in [-0.15, -0.1) is 11.3 Å². The second-order valence-corrected chi connectivity index (χ2v) is 7.58. The number of carbonyl (C=O) groups is 1. The highest BCUT2D eigenvalue weighted by Crippen LogP contribution is 2.35. The molecule has 3 aromatic rings. The van der Waals surface area contributed by atoms with Gasteiger partial charge in [0, 0.05) is 19.2 Å². The van der Waals surface area contributed by atoms with Crippen molar-refractivity contribution in [3.8, 4) is 10.6 Å². The van der Waals surface area contributed by atoms with E-state index < -0.39 is 11.1 Å². The fourth-order valence-electron chi connectivity index (χ4n) is 3.09. The SMILES string of the molecule is O=C(c1cc2nc(-c3cccs3)cc(C(F)(F)Cl)n2n1)N1CCCCC1. The maximum atomic E-state index is 14.0. The molecule has 0 unspecified atom stereocenters. The number of halogens is 3.